The van der Waals surface area contributed by atoms with E-state index in [0.717, 1.165) is 133 Å². The van der Waals surface area contributed by atoms with Crippen molar-refractivity contribution in [1.29, 1.82) is 5.26 Å². The lowest BCUT2D eigenvalue weighted by Crippen LogP contribution is -1.97. The number of H-pyrrole nitrogens is 2. The van der Waals surface area contributed by atoms with Crippen LogP contribution in [-0.2, 0) is 30.5 Å². The minimum Gasteiger partial charge on any atom is -0.477 e. The Morgan fingerprint density at radius 1 is 0.714 bits per heavy atom. The molecule has 0 saturated heterocycles. The van der Waals surface area contributed by atoms with Crippen molar-refractivity contribution in [2.75, 3.05) is 0 Å². The number of unbranched alkanes of at least 4 members (excludes halogenated alkanes) is 4. The monoisotopic (exact) mass is 655 g/mol. The first-order chi connectivity index (χ1) is 23.9. The van der Waals surface area contributed by atoms with Crippen molar-refractivity contribution < 1.29 is 9.90 Å². The number of fused-ring (bicyclic) bond motifs is 8. The van der Waals surface area contributed by atoms with Crippen molar-refractivity contribution in [2.45, 2.75) is 105 Å². The standard InChI is InChI=1S/C42H49N5O2/c1-5-9-16-30-34-20-21-35(44-34)31(17-10-6-2)37-24-25-39(46-37)33(19-12-8-4)41-28(14-13-15-29(27-43)42(48)49)26-40(47-41)32(18-11-7-3)38-23-22-36(30)45-38/h13-15,20-26,45,47H,5-12,16-19H2,1-4H3,(H,48,49)/b14-13+,29-15-,34-30?,35-31?,36-30?,37-31?,38-32?,39-33?,40-32?,41-33?. The number of allylic oxidation sites excluding steroid dienone is 2. The van der Waals surface area contributed by atoms with E-state index in [2.05, 4.69) is 80.2 Å². The van der Waals surface area contributed by atoms with E-state index < -0.39 is 5.97 Å². The van der Waals surface area contributed by atoms with Crippen LogP contribution in [0.5, 0.6) is 0 Å². The van der Waals surface area contributed by atoms with E-state index in [-0.39, 0.29) is 5.57 Å². The second kappa shape index (κ2) is 16.9. The van der Waals surface area contributed by atoms with Crippen molar-refractivity contribution in [3.63, 3.8) is 0 Å². The van der Waals surface area contributed by atoms with E-state index in [1.165, 1.54) is 22.8 Å². The van der Waals surface area contributed by atoms with E-state index in [0.29, 0.717) is 0 Å². The molecule has 0 fully saturated rings. The summed E-state index contributed by atoms with van der Waals surface area (Å²) in [6.45, 7) is 8.85. The number of carbonyl (C=O) groups is 1. The van der Waals surface area contributed by atoms with Crippen LogP contribution in [0.15, 0.2) is 35.9 Å². The van der Waals surface area contributed by atoms with Crippen LogP contribution in [0.3, 0.4) is 0 Å². The number of nitrogens with zero attached hydrogens (tertiary/aromatic N) is 3. The number of carboxylic acids is 1. The predicted molar refractivity (Wildman–Crippen MR) is 204 cm³/mol. The van der Waals surface area contributed by atoms with Crippen molar-refractivity contribution in [2.24, 2.45) is 0 Å². The summed E-state index contributed by atoms with van der Waals surface area (Å²) in [5.41, 5.74) is 13.4. The molecule has 8 bridgehead atoms. The highest BCUT2D eigenvalue weighted by molar-refractivity contribution is 5.92. The molecule has 0 amide bonds. The fourth-order valence-electron chi connectivity index (χ4n) is 6.56. The zero-order valence-electron chi connectivity index (χ0n) is 29.5. The van der Waals surface area contributed by atoms with Crippen LogP contribution in [0.4, 0.5) is 0 Å². The molecule has 3 aromatic rings. The van der Waals surface area contributed by atoms with Gasteiger partial charge >= 0.3 is 5.97 Å². The van der Waals surface area contributed by atoms with Gasteiger partial charge in [-0.1, -0.05) is 65.5 Å². The minimum atomic E-state index is -1.24. The van der Waals surface area contributed by atoms with Crippen molar-refractivity contribution in [1.82, 2.24) is 19.9 Å². The van der Waals surface area contributed by atoms with Gasteiger partial charge in [-0.25, -0.2) is 14.8 Å². The van der Waals surface area contributed by atoms with Crippen LogP contribution in [0.25, 0.3) is 52.4 Å². The molecule has 0 saturated carbocycles. The van der Waals surface area contributed by atoms with Gasteiger partial charge in [0.05, 0.1) is 28.3 Å². The molecule has 0 radical (unpaired) electrons. The topological polar surface area (TPSA) is 118 Å². The lowest BCUT2D eigenvalue weighted by Gasteiger charge is -2.06. The summed E-state index contributed by atoms with van der Waals surface area (Å²) in [4.78, 5) is 29.8. The number of rotatable bonds is 15. The zero-order chi connectivity index (χ0) is 34.8. The lowest BCUT2D eigenvalue weighted by atomic mass is 10.0. The minimum absolute atomic E-state index is 0.305. The number of nitriles is 1. The number of aromatic amines is 2. The van der Waals surface area contributed by atoms with Crippen LogP contribution in [-0.4, -0.2) is 31.0 Å². The second-order valence-corrected chi connectivity index (χ2v) is 12.9. The Bertz CT molecular complexity index is 2010. The SMILES string of the molecule is CCCCc1c2nc(c(CCCC)c3ccc([nH]3)c(CCCC)c3cc(/C=C/C=C(/C#N)C(=O)O)c([nH]3)c(CCCC)c3nc1C=C3)C=C2. The largest absolute Gasteiger partial charge is 0.477 e. The van der Waals surface area contributed by atoms with E-state index >= 15 is 0 Å². The third kappa shape index (κ3) is 8.20. The molecule has 0 unspecified atom stereocenters. The number of carboxylic acid groups (broad SMARTS) is 1. The average molecular weight is 656 g/mol. The van der Waals surface area contributed by atoms with Crippen LogP contribution in [0.2, 0.25) is 0 Å². The maximum atomic E-state index is 11.5. The third-order valence-electron chi connectivity index (χ3n) is 9.34. The van der Waals surface area contributed by atoms with Gasteiger partial charge in [0.25, 0.3) is 0 Å². The number of aryl methyl sites for hydroxylation is 3. The Labute approximate surface area is 290 Å². The average Bonchev–Trinajstić information content (AvgIpc) is 3.93. The zero-order valence-corrected chi connectivity index (χ0v) is 29.5. The summed E-state index contributed by atoms with van der Waals surface area (Å²) in [5, 5.41) is 18.8. The quantitative estimate of drug-likeness (QED) is 0.0589. The van der Waals surface area contributed by atoms with Crippen LogP contribution in [0.1, 0.15) is 130 Å². The third-order valence-corrected chi connectivity index (χ3v) is 9.34. The first kappa shape index (κ1) is 35.3. The summed E-state index contributed by atoms with van der Waals surface area (Å²) in [5.74, 6) is -1.24. The molecule has 3 N–H and O–H groups in total. The molecule has 49 heavy (non-hydrogen) atoms. The number of hydrogen-bond donors (Lipinski definition) is 3. The molecule has 3 aromatic heterocycles. The Hall–Kier alpha value is -4.96. The van der Waals surface area contributed by atoms with Crippen molar-refractivity contribution in [3.8, 4) is 6.07 Å². The van der Waals surface area contributed by atoms with Gasteiger partial charge in [0.15, 0.2) is 0 Å². The van der Waals surface area contributed by atoms with Gasteiger partial charge in [0.2, 0.25) is 0 Å². The predicted octanol–water partition coefficient (Wildman–Crippen LogP) is 10.6. The molecular formula is C42H49N5O2. The van der Waals surface area contributed by atoms with Gasteiger partial charge in [0.1, 0.15) is 11.6 Å². The van der Waals surface area contributed by atoms with Crippen LogP contribution in [0, 0.1) is 11.3 Å². The van der Waals surface area contributed by atoms with Crippen molar-refractivity contribution in [3.05, 3.63) is 86.5 Å². The van der Waals surface area contributed by atoms with Gasteiger partial charge < -0.3 is 15.1 Å². The van der Waals surface area contributed by atoms with E-state index in [4.69, 9.17) is 9.97 Å². The van der Waals surface area contributed by atoms with Crippen LogP contribution >= 0.6 is 0 Å². The van der Waals surface area contributed by atoms with E-state index in [9.17, 15) is 15.2 Å². The Kier molecular flexibility index (Phi) is 12.2. The highest BCUT2D eigenvalue weighted by Gasteiger charge is 2.18. The fraction of sp³-hybridized carbons (Fsp3) is 0.381. The number of hydrogen-bond acceptors (Lipinski definition) is 4. The highest BCUT2D eigenvalue weighted by atomic mass is 16.4. The molecule has 7 nitrogen and oxygen atoms in total. The van der Waals surface area contributed by atoms with Gasteiger partial charge in [-0.15, -0.1) is 0 Å². The fourth-order valence-corrected chi connectivity index (χ4v) is 6.56. The Morgan fingerprint density at radius 3 is 1.76 bits per heavy atom. The summed E-state index contributed by atoms with van der Waals surface area (Å²) < 4.78 is 0. The molecule has 0 atom stereocenters. The molecule has 254 valence electrons. The molecule has 2 aliphatic rings. The Balaban J connectivity index is 1.94. The van der Waals surface area contributed by atoms with Gasteiger partial charge in [0, 0.05) is 38.8 Å². The van der Waals surface area contributed by atoms with Crippen LogP contribution < -0.4 is 0 Å². The number of nitrogens with one attached hydrogen (secondary N) is 2. The maximum absolute atomic E-state index is 11.5. The number of aliphatic carboxylic acids is 1. The normalized spacial score (nSPS) is 12.7. The molecule has 2 aliphatic heterocycles. The summed E-state index contributed by atoms with van der Waals surface area (Å²) >= 11 is 0. The molecule has 5 rings (SSSR count). The number of aromatic nitrogens is 4. The first-order valence-electron chi connectivity index (χ1n) is 18.1. The molecule has 5 heterocycles. The molecule has 0 spiro atoms. The maximum Gasteiger partial charge on any atom is 0.346 e. The van der Waals surface area contributed by atoms with Gasteiger partial charge in [-0.05, 0) is 106 Å². The molecular weight excluding hydrogens is 606 g/mol. The molecule has 0 aromatic carbocycles. The first-order valence-corrected chi connectivity index (χ1v) is 18.1. The second-order valence-electron chi connectivity index (χ2n) is 12.9. The molecule has 0 aliphatic carbocycles. The van der Waals surface area contributed by atoms with E-state index in [1.54, 1.807) is 12.1 Å². The molecule has 7 heteroatoms. The Morgan fingerprint density at radius 2 is 1.20 bits per heavy atom. The summed E-state index contributed by atoms with van der Waals surface area (Å²) in [6.07, 6.45) is 25.6. The van der Waals surface area contributed by atoms with E-state index in [1.807, 2.05) is 6.08 Å². The van der Waals surface area contributed by atoms with Gasteiger partial charge in [-0.3, -0.25) is 0 Å². The van der Waals surface area contributed by atoms with Crippen molar-refractivity contribution >= 4 is 58.4 Å². The smallest absolute Gasteiger partial charge is 0.346 e. The summed E-state index contributed by atoms with van der Waals surface area (Å²) in [7, 11) is 0. The van der Waals surface area contributed by atoms with Gasteiger partial charge in [-0.2, -0.15) is 5.26 Å². The highest BCUT2D eigenvalue weighted by Crippen LogP contribution is 2.31. The lowest BCUT2D eigenvalue weighted by molar-refractivity contribution is -0.132. The summed E-state index contributed by atoms with van der Waals surface area (Å²) in [6, 6.07) is 8.34.